The highest BCUT2D eigenvalue weighted by atomic mass is 32.2. The molecule has 0 aliphatic carbocycles. The van der Waals surface area contributed by atoms with Gasteiger partial charge in [0.05, 0.1) is 22.6 Å². The fraction of sp³-hybridized carbons (Fsp3) is 0.240. The van der Waals surface area contributed by atoms with Crippen molar-refractivity contribution in [3.05, 3.63) is 77.9 Å². The minimum absolute atomic E-state index is 0.0171. The molecule has 1 aliphatic rings. The molecule has 1 aliphatic heterocycles. The molecule has 36 heavy (non-hydrogen) atoms. The van der Waals surface area contributed by atoms with Gasteiger partial charge in [-0.15, -0.1) is 0 Å². The Bertz CT molecular complexity index is 1500. The van der Waals surface area contributed by atoms with Crippen LogP contribution in [0.1, 0.15) is 28.8 Å². The highest BCUT2D eigenvalue weighted by Crippen LogP contribution is 2.29. The van der Waals surface area contributed by atoms with Gasteiger partial charge < -0.3 is 10.1 Å². The van der Waals surface area contributed by atoms with Crippen molar-refractivity contribution in [1.29, 1.82) is 0 Å². The summed E-state index contributed by atoms with van der Waals surface area (Å²) in [4.78, 5) is 13.0. The fourth-order valence-electron chi connectivity index (χ4n) is 3.97. The molecule has 9 nitrogen and oxygen atoms in total. The monoisotopic (exact) mass is 529 g/mol. The molecule has 0 atom stereocenters. The summed E-state index contributed by atoms with van der Waals surface area (Å²) in [6.45, 7) is 2.57. The van der Waals surface area contributed by atoms with Crippen molar-refractivity contribution in [1.82, 2.24) is 4.31 Å². The highest BCUT2D eigenvalue weighted by Gasteiger charge is 2.28. The standard InChI is InChI=1S/C25H27N3O6S2/c1-18-12-13-20(17-24(18)35(30,31)27-22-10-3-4-11-23(22)34-2)26-25(29)19-8-7-9-21(16-19)36(32,33)28-14-5-6-15-28/h3-4,7-13,16-17,27H,5-6,14-15H2,1-2H3,(H,26,29). The average molecular weight is 530 g/mol. The molecule has 4 rings (SSSR count). The van der Waals surface area contributed by atoms with E-state index in [-0.39, 0.29) is 26.7 Å². The molecule has 0 aromatic heterocycles. The molecule has 190 valence electrons. The van der Waals surface area contributed by atoms with Gasteiger partial charge in [-0.1, -0.05) is 24.3 Å². The normalized spacial score (nSPS) is 14.4. The first-order valence-electron chi connectivity index (χ1n) is 11.3. The number of hydrogen-bond donors (Lipinski definition) is 2. The zero-order valence-electron chi connectivity index (χ0n) is 19.9. The van der Waals surface area contributed by atoms with Crippen LogP contribution in [0.5, 0.6) is 5.75 Å². The first-order valence-corrected chi connectivity index (χ1v) is 14.2. The van der Waals surface area contributed by atoms with Gasteiger partial charge in [-0.2, -0.15) is 4.31 Å². The maximum atomic E-state index is 13.1. The Balaban J connectivity index is 1.57. The molecule has 3 aromatic rings. The summed E-state index contributed by atoms with van der Waals surface area (Å²) in [5.41, 5.74) is 1.16. The molecule has 2 N–H and O–H groups in total. The van der Waals surface area contributed by atoms with Crippen LogP contribution >= 0.6 is 0 Å². The molecular formula is C25H27N3O6S2. The van der Waals surface area contributed by atoms with Gasteiger partial charge in [0.1, 0.15) is 5.75 Å². The van der Waals surface area contributed by atoms with Crippen LogP contribution in [-0.4, -0.2) is 47.2 Å². The minimum atomic E-state index is -4.00. The number of para-hydroxylation sites is 2. The SMILES string of the molecule is COc1ccccc1NS(=O)(=O)c1cc(NC(=O)c2cccc(S(=O)(=O)N3CCCC3)c2)ccc1C. The number of rotatable bonds is 8. The predicted octanol–water partition coefficient (Wildman–Crippen LogP) is 3.84. The van der Waals surface area contributed by atoms with Gasteiger partial charge in [0.15, 0.2) is 0 Å². The summed E-state index contributed by atoms with van der Waals surface area (Å²) in [7, 11) is -6.24. The zero-order valence-corrected chi connectivity index (χ0v) is 21.5. The predicted molar refractivity (Wildman–Crippen MR) is 137 cm³/mol. The number of methoxy groups -OCH3 is 1. The Morgan fingerprint density at radius 1 is 0.917 bits per heavy atom. The van der Waals surface area contributed by atoms with Crippen molar-refractivity contribution < 1.29 is 26.4 Å². The first-order chi connectivity index (χ1) is 17.1. The van der Waals surface area contributed by atoms with Gasteiger partial charge in [0.25, 0.3) is 15.9 Å². The van der Waals surface area contributed by atoms with Gasteiger partial charge in [-0.3, -0.25) is 9.52 Å². The summed E-state index contributed by atoms with van der Waals surface area (Å²) in [6.07, 6.45) is 1.62. The third-order valence-corrected chi connectivity index (χ3v) is 9.29. The van der Waals surface area contributed by atoms with E-state index in [4.69, 9.17) is 4.74 Å². The maximum absolute atomic E-state index is 13.1. The second-order valence-electron chi connectivity index (χ2n) is 8.38. The third kappa shape index (κ3) is 5.38. The first kappa shape index (κ1) is 25.7. The van der Waals surface area contributed by atoms with E-state index in [1.54, 1.807) is 43.3 Å². The second-order valence-corrected chi connectivity index (χ2v) is 12.0. The Morgan fingerprint density at radius 2 is 1.64 bits per heavy atom. The summed E-state index contributed by atoms with van der Waals surface area (Å²) >= 11 is 0. The van der Waals surface area contributed by atoms with Crippen molar-refractivity contribution in [2.75, 3.05) is 30.2 Å². The van der Waals surface area contributed by atoms with Crippen molar-refractivity contribution in [3.63, 3.8) is 0 Å². The zero-order chi connectivity index (χ0) is 25.9. The molecule has 3 aromatic carbocycles. The number of hydrogen-bond acceptors (Lipinski definition) is 6. The molecule has 0 saturated carbocycles. The number of carbonyl (C=O) groups excluding carboxylic acids is 1. The third-order valence-electron chi connectivity index (χ3n) is 5.89. The lowest BCUT2D eigenvalue weighted by Gasteiger charge is -2.16. The second kappa shape index (κ2) is 10.3. The van der Waals surface area contributed by atoms with E-state index in [9.17, 15) is 21.6 Å². The minimum Gasteiger partial charge on any atom is -0.495 e. The van der Waals surface area contributed by atoms with Gasteiger partial charge in [-0.05, 0) is 67.8 Å². The van der Waals surface area contributed by atoms with E-state index in [0.717, 1.165) is 12.8 Å². The largest absolute Gasteiger partial charge is 0.495 e. The van der Waals surface area contributed by atoms with E-state index >= 15 is 0 Å². The van der Waals surface area contributed by atoms with Crippen LogP contribution in [0, 0.1) is 6.92 Å². The smallest absolute Gasteiger partial charge is 0.262 e. The van der Waals surface area contributed by atoms with Gasteiger partial charge in [-0.25, -0.2) is 16.8 Å². The topological polar surface area (TPSA) is 122 Å². The molecule has 1 saturated heterocycles. The van der Waals surface area contributed by atoms with Crippen LogP contribution in [0.15, 0.2) is 76.5 Å². The van der Waals surface area contributed by atoms with Gasteiger partial charge in [0.2, 0.25) is 10.0 Å². The fourth-order valence-corrected chi connectivity index (χ4v) is 6.88. The van der Waals surface area contributed by atoms with Crippen LogP contribution in [0.3, 0.4) is 0 Å². The van der Waals surface area contributed by atoms with Crippen molar-refractivity contribution in [2.45, 2.75) is 29.6 Å². The van der Waals surface area contributed by atoms with Crippen molar-refractivity contribution in [3.8, 4) is 5.75 Å². The number of nitrogens with one attached hydrogen (secondary N) is 2. The van der Waals surface area contributed by atoms with E-state index < -0.39 is 26.0 Å². The molecule has 0 spiro atoms. The lowest BCUT2D eigenvalue weighted by Crippen LogP contribution is -2.28. The lowest BCUT2D eigenvalue weighted by atomic mass is 10.2. The van der Waals surface area contributed by atoms with E-state index in [1.165, 1.54) is 41.7 Å². The lowest BCUT2D eigenvalue weighted by molar-refractivity contribution is 0.102. The number of carbonyl (C=O) groups is 1. The average Bonchev–Trinajstić information content (AvgIpc) is 3.41. The van der Waals surface area contributed by atoms with Crippen molar-refractivity contribution >= 4 is 37.3 Å². The molecule has 11 heteroatoms. The number of nitrogens with zero attached hydrogens (tertiary/aromatic N) is 1. The number of amides is 1. The summed E-state index contributed by atoms with van der Waals surface area (Å²) < 4.78 is 61.1. The molecule has 0 unspecified atom stereocenters. The molecule has 0 radical (unpaired) electrons. The molecule has 1 fully saturated rings. The van der Waals surface area contributed by atoms with Crippen LogP contribution in [-0.2, 0) is 20.0 Å². The highest BCUT2D eigenvalue weighted by molar-refractivity contribution is 7.92. The Morgan fingerprint density at radius 3 is 2.36 bits per heavy atom. The summed E-state index contributed by atoms with van der Waals surface area (Å²) in [5.74, 6) is -0.190. The Hall–Kier alpha value is -3.41. The summed E-state index contributed by atoms with van der Waals surface area (Å²) in [5, 5.41) is 2.67. The number of ether oxygens (including phenoxy) is 1. The quantitative estimate of drug-likeness (QED) is 0.457. The number of anilines is 2. The summed E-state index contributed by atoms with van der Waals surface area (Å²) in [6, 6.07) is 17.0. The number of benzene rings is 3. The number of aryl methyl sites for hydroxylation is 1. The maximum Gasteiger partial charge on any atom is 0.262 e. The molecule has 1 amide bonds. The van der Waals surface area contributed by atoms with E-state index in [1.807, 2.05) is 0 Å². The van der Waals surface area contributed by atoms with Crippen molar-refractivity contribution in [2.24, 2.45) is 0 Å². The van der Waals surface area contributed by atoms with Gasteiger partial charge >= 0.3 is 0 Å². The van der Waals surface area contributed by atoms with E-state index in [2.05, 4.69) is 10.0 Å². The van der Waals surface area contributed by atoms with Crippen LogP contribution < -0.4 is 14.8 Å². The molecule has 1 heterocycles. The Labute approximate surface area is 211 Å². The number of sulfonamides is 2. The molecular weight excluding hydrogens is 502 g/mol. The van der Waals surface area contributed by atoms with Crippen LogP contribution in [0.2, 0.25) is 0 Å². The molecule has 0 bridgehead atoms. The van der Waals surface area contributed by atoms with Crippen LogP contribution in [0.4, 0.5) is 11.4 Å². The van der Waals surface area contributed by atoms with Crippen LogP contribution in [0.25, 0.3) is 0 Å². The van der Waals surface area contributed by atoms with Gasteiger partial charge in [0, 0.05) is 24.3 Å². The Kier molecular flexibility index (Phi) is 7.34. The van der Waals surface area contributed by atoms with E-state index in [0.29, 0.717) is 24.4 Å².